The number of halogens is 2. The summed E-state index contributed by atoms with van der Waals surface area (Å²) in [5, 5.41) is 8.50. The molecule has 0 unspecified atom stereocenters. The maximum absolute atomic E-state index is 11.9. The molecule has 0 aliphatic heterocycles. The second-order valence-electron chi connectivity index (χ2n) is 3.29. The van der Waals surface area contributed by atoms with Crippen molar-refractivity contribution in [2.24, 2.45) is 0 Å². The number of nitrogen functional groups attached to an aromatic ring is 1. The molecule has 0 aliphatic rings. The first-order valence-corrected chi connectivity index (χ1v) is 6.97. The molecule has 0 amide bonds. The average molecular weight is 299 g/mol. The van der Waals surface area contributed by atoms with Crippen LogP contribution in [0.2, 0.25) is 10.0 Å². The number of hydrogen-bond donors (Lipinski definition) is 3. The number of hydrogen-bond acceptors (Lipinski definition) is 4. The van der Waals surface area contributed by atoms with Crippen LogP contribution in [0.4, 0.5) is 5.69 Å². The third-order valence-electron chi connectivity index (χ3n) is 1.92. The van der Waals surface area contributed by atoms with Gasteiger partial charge >= 0.3 is 0 Å². The number of benzene rings is 1. The molecular formula is C9H12Cl2N2O3S. The molecule has 17 heavy (non-hydrogen) atoms. The van der Waals surface area contributed by atoms with Crippen molar-refractivity contribution in [3.63, 3.8) is 0 Å². The Balaban J connectivity index is 3.07. The summed E-state index contributed by atoms with van der Waals surface area (Å²) in [5.74, 6) is 0. The van der Waals surface area contributed by atoms with Gasteiger partial charge in [0.2, 0.25) is 10.0 Å². The fourth-order valence-electron chi connectivity index (χ4n) is 1.19. The van der Waals surface area contributed by atoms with E-state index in [1.807, 2.05) is 0 Å². The fraction of sp³-hybridized carbons (Fsp3) is 0.333. The Labute approximate surface area is 110 Å². The van der Waals surface area contributed by atoms with Gasteiger partial charge in [-0.3, -0.25) is 0 Å². The molecule has 0 bridgehead atoms. The van der Waals surface area contributed by atoms with Crippen LogP contribution in [0.25, 0.3) is 0 Å². The van der Waals surface area contributed by atoms with Crippen molar-refractivity contribution in [1.29, 1.82) is 0 Å². The highest BCUT2D eigenvalue weighted by atomic mass is 35.5. The van der Waals surface area contributed by atoms with Gasteiger partial charge in [0.05, 0.1) is 10.0 Å². The van der Waals surface area contributed by atoms with Crippen LogP contribution in [0.1, 0.15) is 6.42 Å². The molecule has 8 heteroatoms. The highest BCUT2D eigenvalue weighted by Crippen LogP contribution is 2.31. The summed E-state index contributed by atoms with van der Waals surface area (Å²) in [6.45, 7) is 0.00158. The maximum Gasteiger partial charge on any atom is 0.243 e. The van der Waals surface area contributed by atoms with E-state index in [-0.39, 0.29) is 33.8 Å². The van der Waals surface area contributed by atoms with E-state index in [1.54, 1.807) is 0 Å². The van der Waals surface area contributed by atoms with Gasteiger partial charge in [0.1, 0.15) is 4.90 Å². The first-order chi connectivity index (χ1) is 7.88. The fourth-order valence-corrected chi connectivity index (χ4v) is 3.50. The number of rotatable bonds is 5. The summed E-state index contributed by atoms with van der Waals surface area (Å²) in [6, 6.07) is 2.63. The SMILES string of the molecule is Nc1cc(Cl)c(S(=O)(=O)NCCCO)c(Cl)c1. The van der Waals surface area contributed by atoms with Crippen LogP contribution in [-0.4, -0.2) is 26.7 Å². The van der Waals surface area contributed by atoms with E-state index >= 15 is 0 Å². The average Bonchev–Trinajstić information content (AvgIpc) is 2.15. The summed E-state index contributed by atoms with van der Waals surface area (Å²) < 4.78 is 26.0. The number of aliphatic hydroxyl groups is 1. The largest absolute Gasteiger partial charge is 0.399 e. The molecule has 4 N–H and O–H groups in total. The highest BCUT2D eigenvalue weighted by Gasteiger charge is 2.21. The zero-order valence-electron chi connectivity index (χ0n) is 8.78. The second kappa shape index (κ2) is 5.88. The van der Waals surface area contributed by atoms with Crippen LogP contribution in [0, 0.1) is 0 Å². The van der Waals surface area contributed by atoms with E-state index in [2.05, 4.69) is 4.72 Å². The van der Waals surface area contributed by atoms with Crippen LogP contribution >= 0.6 is 23.2 Å². The van der Waals surface area contributed by atoms with E-state index in [0.29, 0.717) is 6.42 Å². The van der Waals surface area contributed by atoms with Crippen LogP contribution < -0.4 is 10.5 Å². The summed E-state index contributed by atoms with van der Waals surface area (Å²) >= 11 is 11.6. The lowest BCUT2D eigenvalue weighted by molar-refractivity contribution is 0.289. The van der Waals surface area contributed by atoms with E-state index in [0.717, 1.165) is 0 Å². The Hall–Kier alpha value is -0.530. The van der Waals surface area contributed by atoms with Gasteiger partial charge in [-0.2, -0.15) is 0 Å². The zero-order chi connectivity index (χ0) is 13.1. The van der Waals surface area contributed by atoms with Gasteiger partial charge < -0.3 is 10.8 Å². The molecule has 1 aromatic carbocycles. The molecule has 0 saturated heterocycles. The van der Waals surface area contributed by atoms with E-state index in [9.17, 15) is 8.42 Å². The smallest absolute Gasteiger partial charge is 0.243 e. The molecule has 0 aliphatic carbocycles. The minimum atomic E-state index is -3.79. The van der Waals surface area contributed by atoms with Crippen LogP contribution in [0.5, 0.6) is 0 Å². The van der Waals surface area contributed by atoms with Gasteiger partial charge in [0.15, 0.2) is 0 Å². The third-order valence-corrected chi connectivity index (χ3v) is 4.30. The van der Waals surface area contributed by atoms with Gasteiger partial charge in [-0.1, -0.05) is 23.2 Å². The lowest BCUT2D eigenvalue weighted by Crippen LogP contribution is -2.26. The molecule has 0 atom stereocenters. The number of sulfonamides is 1. The van der Waals surface area contributed by atoms with Gasteiger partial charge in [-0.25, -0.2) is 13.1 Å². The molecule has 0 saturated carbocycles. The molecule has 0 spiro atoms. The minimum Gasteiger partial charge on any atom is -0.399 e. The number of nitrogens with two attached hydrogens (primary N) is 1. The first kappa shape index (κ1) is 14.5. The molecule has 0 aromatic heterocycles. The normalized spacial score (nSPS) is 11.7. The predicted molar refractivity (Wildman–Crippen MR) is 67.8 cm³/mol. The van der Waals surface area contributed by atoms with E-state index in [4.69, 9.17) is 34.0 Å². The summed E-state index contributed by atoms with van der Waals surface area (Å²) in [5.41, 5.74) is 5.76. The number of anilines is 1. The van der Waals surface area contributed by atoms with Crippen molar-refractivity contribution in [3.05, 3.63) is 22.2 Å². The minimum absolute atomic E-state index is 0.0356. The number of nitrogens with one attached hydrogen (secondary N) is 1. The second-order valence-corrected chi connectivity index (χ2v) is 5.81. The van der Waals surface area contributed by atoms with Gasteiger partial charge in [0, 0.05) is 18.8 Å². The Bertz CT molecular complexity index is 482. The third kappa shape index (κ3) is 3.72. The predicted octanol–water partition coefficient (Wildman–Crippen LogP) is 1.24. The Morgan fingerprint density at radius 2 is 1.82 bits per heavy atom. The van der Waals surface area contributed by atoms with Crippen molar-refractivity contribution in [2.75, 3.05) is 18.9 Å². The van der Waals surface area contributed by atoms with E-state index < -0.39 is 10.0 Å². The van der Waals surface area contributed by atoms with Crippen molar-refractivity contribution >= 4 is 38.9 Å². The van der Waals surface area contributed by atoms with E-state index in [1.165, 1.54) is 12.1 Å². The lowest BCUT2D eigenvalue weighted by Gasteiger charge is -2.10. The Kier molecular flexibility index (Phi) is 5.03. The quantitative estimate of drug-likeness (QED) is 0.563. The summed E-state index contributed by atoms with van der Waals surface area (Å²) in [4.78, 5) is -0.201. The van der Waals surface area contributed by atoms with Gasteiger partial charge in [0.25, 0.3) is 0 Å². The first-order valence-electron chi connectivity index (χ1n) is 4.73. The molecular weight excluding hydrogens is 287 g/mol. The van der Waals surface area contributed by atoms with Gasteiger partial charge in [-0.15, -0.1) is 0 Å². The van der Waals surface area contributed by atoms with Crippen LogP contribution in [0.15, 0.2) is 17.0 Å². The topological polar surface area (TPSA) is 92.4 Å². The molecule has 0 radical (unpaired) electrons. The zero-order valence-corrected chi connectivity index (χ0v) is 11.1. The Morgan fingerprint density at radius 1 is 1.29 bits per heavy atom. The summed E-state index contributed by atoms with van der Waals surface area (Å²) in [6.07, 6.45) is 0.309. The van der Waals surface area contributed by atoms with Crippen LogP contribution in [0.3, 0.4) is 0 Å². The van der Waals surface area contributed by atoms with Crippen molar-refractivity contribution in [1.82, 2.24) is 4.72 Å². The molecule has 1 rings (SSSR count). The van der Waals surface area contributed by atoms with Gasteiger partial charge in [-0.05, 0) is 18.6 Å². The lowest BCUT2D eigenvalue weighted by atomic mass is 10.3. The highest BCUT2D eigenvalue weighted by molar-refractivity contribution is 7.89. The molecule has 5 nitrogen and oxygen atoms in total. The standard InChI is InChI=1S/C9H12Cl2N2O3S/c10-7-4-6(12)5-8(11)9(7)17(15,16)13-2-1-3-14/h4-5,13-14H,1-3,12H2. The van der Waals surface area contributed by atoms with Crippen molar-refractivity contribution in [3.8, 4) is 0 Å². The van der Waals surface area contributed by atoms with Crippen molar-refractivity contribution < 1.29 is 13.5 Å². The molecule has 1 aromatic rings. The molecule has 0 fully saturated rings. The van der Waals surface area contributed by atoms with Crippen molar-refractivity contribution in [2.45, 2.75) is 11.3 Å². The molecule has 96 valence electrons. The van der Waals surface area contributed by atoms with Crippen LogP contribution in [-0.2, 0) is 10.0 Å². The summed E-state index contributed by atoms with van der Waals surface area (Å²) in [7, 11) is -3.79. The molecule has 0 heterocycles. The maximum atomic E-state index is 11.9. The Morgan fingerprint density at radius 3 is 2.29 bits per heavy atom. The number of aliphatic hydroxyl groups excluding tert-OH is 1. The monoisotopic (exact) mass is 298 g/mol.